The molecule has 27 heavy (non-hydrogen) atoms. The van der Waals surface area contributed by atoms with Crippen LogP contribution < -0.4 is 5.32 Å². The number of benzene rings is 1. The molecule has 1 fully saturated rings. The van der Waals surface area contributed by atoms with Gasteiger partial charge in [0.05, 0.1) is 6.04 Å². The predicted molar refractivity (Wildman–Crippen MR) is 96.9 cm³/mol. The summed E-state index contributed by atoms with van der Waals surface area (Å²) in [7, 11) is 2.03. The zero-order valence-electron chi connectivity index (χ0n) is 15.6. The van der Waals surface area contributed by atoms with Crippen LogP contribution in [0.25, 0.3) is 17.4 Å². The molecular weight excluding hydrogens is 349 g/mol. The lowest BCUT2D eigenvalue weighted by atomic mass is 10.2. The predicted octanol–water partition coefficient (Wildman–Crippen LogP) is 2.16. The average Bonchev–Trinajstić information content (AvgIpc) is 3.29. The molecule has 1 aromatic carbocycles. The van der Waals surface area contributed by atoms with Gasteiger partial charge in [-0.2, -0.15) is 4.98 Å². The molecular formula is C18H22FN7O. The summed E-state index contributed by atoms with van der Waals surface area (Å²) in [5, 5.41) is 11.9. The van der Waals surface area contributed by atoms with Crippen molar-refractivity contribution < 1.29 is 8.91 Å². The van der Waals surface area contributed by atoms with E-state index >= 15 is 0 Å². The van der Waals surface area contributed by atoms with E-state index in [4.69, 9.17) is 4.52 Å². The van der Waals surface area contributed by atoms with E-state index in [-0.39, 0.29) is 23.7 Å². The van der Waals surface area contributed by atoms with Crippen LogP contribution in [0, 0.1) is 5.82 Å². The van der Waals surface area contributed by atoms with Gasteiger partial charge in [-0.1, -0.05) is 31.1 Å². The first kappa shape index (κ1) is 17.7. The lowest BCUT2D eigenvalue weighted by molar-refractivity contribution is 0.190. The van der Waals surface area contributed by atoms with Crippen molar-refractivity contribution in [2.75, 3.05) is 26.7 Å². The van der Waals surface area contributed by atoms with Crippen LogP contribution in [0.5, 0.6) is 0 Å². The Morgan fingerprint density at radius 3 is 2.81 bits per heavy atom. The van der Waals surface area contributed by atoms with Crippen molar-refractivity contribution in [2.45, 2.75) is 25.8 Å². The Morgan fingerprint density at radius 2 is 2.07 bits per heavy atom. The first-order chi connectivity index (χ1) is 13.0. The number of para-hydroxylation sites is 1. The van der Waals surface area contributed by atoms with Crippen LogP contribution in [-0.2, 0) is 0 Å². The number of rotatable bonds is 4. The van der Waals surface area contributed by atoms with Crippen LogP contribution >= 0.6 is 0 Å². The van der Waals surface area contributed by atoms with Gasteiger partial charge in [0.1, 0.15) is 17.3 Å². The van der Waals surface area contributed by atoms with Crippen molar-refractivity contribution in [3.8, 4) is 17.4 Å². The molecule has 1 saturated heterocycles. The zero-order chi connectivity index (χ0) is 19.0. The van der Waals surface area contributed by atoms with Crippen molar-refractivity contribution in [3.05, 3.63) is 41.7 Å². The summed E-state index contributed by atoms with van der Waals surface area (Å²) in [6.07, 6.45) is 0. The van der Waals surface area contributed by atoms with Gasteiger partial charge in [0.2, 0.25) is 5.82 Å². The van der Waals surface area contributed by atoms with Crippen molar-refractivity contribution in [1.82, 2.24) is 35.1 Å². The van der Waals surface area contributed by atoms with Crippen LogP contribution in [0.2, 0.25) is 0 Å². The third-order valence-electron chi connectivity index (χ3n) is 4.67. The number of nitrogens with zero attached hydrogens (tertiary/aromatic N) is 6. The lowest BCUT2D eigenvalue weighted by Crippen LogP contribution is -2.44. The second kappa shape index (κ2) is 7.16. The van der Waals surface area contributed by atoms with Gasteiger partial charge in [0.25, 0.3) is 5.89 Å². The summed E-state index contributed by atoms with van der Waals surface area (Å²) in [4.78, 5) is 11.2. The highest BCUT2D eigenvalue weighted by Gasteiger charge is 2.27. The summed E-state index contributed by atoms with van der Waals surface area (Å²) < 4.78 is 21.2. The van der Waals surface area contributed by atoms with Crippen LogP contribution in [0.1, 0.15) is 37.5 Å². The topological polar surface area (TPSA) is 84.9 Å². The van der Waals surface area contributed by atoms with E-state index in [1.807, 2.05) is 20.9 Å². The summed E-state index contributed by atoms with van der Waals surface area (Å²) >= 11 is 0. The maximum Gasteiger partial charge on any atom is 0.297 e. The molecule has 3 heterocycles. The Labute approximate surface area is 156 Å². The van der Waals surface area contributed by atoms with Gasteiger partial charge >= 0.3 is 0 Å². The fraction of sp³-hybridized carbons (Fsp3) is 0.444. The molecule has 0 bridgehead atoms. The number of piperazine rings is 1. The molecule has 8 nitrogen and oxygen atoms in total. The molecule has 0 spiro atoms. The maximum absolute atomic E-state index is 14.3. The van der Waals surface area contributed by atoms with Gasteiger partial charge in [0.15, 0.2) is 5.82 Å². The maximum atomic E-state index is 14.3. The SMILES string of the molecule is CC(C)c1nc(-c2nc(C3CNCCN3C)no2)nn1-c1ccccc1F. The third-order valence-corrected chi connectivity index (χ3v) is 4.67. The number of likely N-dealkylation sites (N-methyl/N-ethyl adjacent to an activating group) is 1. The average molecular weight is 371 g/mol. The monoisotopic (exact) mass is 371 g/mol. The molecule has 1 atom stereocenters. The van der Waals surface area contributed by atoms with Crippen LogP contribution in [-0.4, -0.2) is 56.5 Å². The normalized spacial score (nSPS) is 18.3. The number of hydrogen-bond donors (Lipinski definition) is 1. The molecule has 1 aliphatic rings. The molecule has 0 radical (unpaired) electrons. The van der Waals surface area contributed by atoms with Crippen molar-refractivity contribution >= 4 is 0 Å². The molecule has 1 N–H and O–H groups in total. The molecule has 0 aliphatic carbocycles. The second-order valence-corrected chi connectivity index (χ2v) is 6.97. The fourth-order valence-corrected chi connectivity index (χ4v) is 3.14. The molecule has 4 rings (SSSR count). The number of nitrogens with one attached hydrogen (secondary N) is 1. The van der Waals surface area contributed by atoms with Crippen LogP contribution in [0.3, 0.4) is 0 Å². The number of halogens is 1. The zero-order valence-corrected chi connectivity index (χ0v) is 15.6. The molecule has 142 valence electrons. The van der Waals surface area contributed by atoms with E-state index in [9.17, 15) is 4.39 Å². The highest BCUT2D eigenvalue weighted by Crippen LogP contribution is 2.25. The Balaban J connectivity index is 1.71. The molecule has 9 heteroatoms. The molecule has 1 unspecified atom stereocenters. The molecule has 0 saturated carbocycles. The standard InChI is InChI=1S/C18H22FN7O/c1-11(2)17-21-16(23-26(17)13-7-5-4-6-12(13)19)18-22-15(24-27-18)14-10-20-8-9-25(14)3/h4-7,11,14,20H,8-10H2,1-3H3. The molecule has 2 aromatic heterocycles. The van der Waals surface area contributed by atoms with E-state index < -0.39 is 0 Å². The van der Waals surface area contributed by atoms with E-state index in [1.54, 1.807) is 18.2 Å². The Morgan fingerprint density at radius 1 is 1.26 bits per heavy atom. The van der Waals surface area contributed by atoms with Gasteiger partial charge in [-0.05, 0) is 19.2 Å². The van der Waals surface area contributed by atoms with E-state index in [0.29, 0.717) is 23.2 Å². The molecule has 0 amide bonds. The first-order valence-corrected chi connectivity index (χ1v) is 9.01. The van der Waals surface area contributed by atoms with Gasteiger partial charge in [-0.15, -0.1) is 5.10 Å². The van der Waals surface area contributed by atoms with Crippen molar-refractivity contribution in [2.24, 2.45) is 0 Å². The Bertz CT molecular complexity index is 935. The smallest absolute Gasteiger partial charge is 0.297 e. The Kier molecular flexibility index (Phi) is 4.71. The quantitative estimate of drug-likeness (QED) is 0.752. The number of aromatic nitrogens is 5. The second-order valence-electron chi connectivity index (χ2n) is 6.97. The highest BCUT2D eigenvalue weighted by molar-refractivity contribution is 5.43. The minimum absolute atomic E-state index is 0.0365. The summed E-state index contributed by atoms with van der Waals surface area (Å²) in [6.45, 7) is 6.56. The first-order valence-electron chi connectivity index (χ1n) is 9.01. The minimum atomic E-state index is -0.364. The number of hydrogen-bond acceptors (Lipinski definition) is 7. The molecule has 3 aromatic rings. The third kappa shape index (κ3) is 3.35. The summed E-state index contributed by atoms with van der Waals surface area (Å²) in [5.74, 6) is 1.44. The fourth-order valence-electron chi connectivity index (χ4n) is 3.14. The van der Waals surface area contributed by atoms with Crippen molar-refractivity contribution in [3.63, 3.8) is 0 Å². The van der Waals surface area contributed by atoms with Crippen LogP contribution in [0.4, 0.5) is 4.39 Å². The van der Waals surface area contributed by atoms with E-state index in [1.165, 1.54) is 10.7 Å². The van der Waals surface area contributed by atoms with Gasteiger partial charge in [-0.3, -0.25) is 4.90 Å². The lowest BCUT2D eigenvalue weighted by Gasteiger charge is -2.30. The van der Waals surface area contributed by atoms with Crippen molar-refractivity contribution in [1.29, 1.82) is 0 Å². The highest BCUT2D eigenvalue weighted by atomic mass is 19.1. The van der Waals surface area contributed by atoms with E-state index in [2.05, 4.69) is 30.4 Å². The summed E-state index contributed by atoms with van der Waals surface area (Å²) in [5.41, 5.74) is 0.343. The van der Waals surface area contributed by atoms with Gasteiger partial charge in [0, 0.05) is 25.6 Å². The largest absolute Gasteiger partial charge is 0.330 e. The van der Waals surface area contributed by atoms with Crippen LogP contribution in [0.15, 0.2) is 28.8 Å². The Hall–Kier alpha value is -2.65. The van der Waals surface area contributed by atoms with E-state index in [0.717, 1.165) is 19.6 Å². The van der Waals surface area contributed by atoms with Gasteiger partial charge in [-0.25, -0.2) is 14.1 Å². The summed E-state index contributed by atoms with van der Waals surface area (Å²) in [6, 6.07) is 6.51. The molecule has 1 aliphatic heterocycles. The van der Waals surface area contributed by atoms with Gasteiger partial charge < -0.3 is 9.84 Å². The minimum Gasteiger partial charge on any atom is -0.330 e.